The zero-order chi connectivity index (χ0) is 6.69. The van der Waals surface area contributed by atoms with Gasteiger partial charge in [-0.15, -0.1) is 0 Å². The van der Waals surface area contributed by atoms with Crippen molar-refractivity contribution >= 4 is 0 Å². The van der Waals surface area contributed by atoms with Crippen molar-refractivity contribution in [3.8, 4) is 0 Å². The Morgan fingerprint density at radius 3 is 2.67 bits per heavy atom. The van der Waals surface area contributed by atoms with Gasteiger partial charge in [-0.25, -0.2) is 4.98 Å². The highest BCUT2D eigenvalue weighted by atomic mass is 14.9. The molecule has 0 amide bonds. The van der Waals surface area contributed by atoms with E-state index in [2.05, 4.69) is 23.8 Å². The van der Waals surface area contributed by atoms with Gasteiger partial charge in [-0.05, 0) is 12.8 Å². The highest BCUT2D eigenvalue weighted by Gasteiger charge is 1.97. The zero-order valence-electron chi connectivity index (χ0n) is 5.94. The van der Waals surface area contributed by atoms with E-state index in [0.29, 0.717) is 0 Å². The first-order valence-corrected chi connectivity index (χ1v) is 3.39. The van der Waals surface area contributed by atoms with Gasteiger partial charge >= 0.3 is 0 Å². The summed E-state index contributed by atoms with van der Waals surface area (Å²) in [6.45, 7) is 4.25. The van der Waals surface area contributed by atoms with E-state index in [1.165, 1.54) is 11.4 Å². The van der Waals surface area contributed by atoms with Crippen LogP contribution in [0.1, 0.15) is 25.2 Å². The first kappa shape index (κ1) is 6.33. The molecular weight excluding hydrogens is 112 g/mol. The van der Waals surface area contributed by atoms with Crippen molar-refractivity contribution in [1.29, 1.82) is 0 Å². The number of aromatic nitrogens is 2. The molecule has 0 radical (unpaired) electrons. The molecule has 0 saturated heterocycles. The van der Waals surface area contributed by atoms with E-state index in [-0.39, 0.29) is 0 Å². The monoisotopic (exact) mass is 124 g/mol. The van der Waals surface area contributed by atoms with Crippen LogP contribution in [0.4, 0.5) is 0 Å². The Morgan fingerprint density at radius 2 is 2.22 bits per heavy atom. The predicted octanol–water partition coefficient (Wildman–Crippen LogP) is 1.53. The molecule has 0 aliphatic carbocycles. The summed E-state index contributed by atoms with van der Waals surface area (Å²) >= 11 is 0. The fourth-order valence-electron chi connectivity index (χ4n) is 0.960. The molecule has 1 aromatic heterocycles. The van der Waals surface area contributed by atoms with Gasteiger partial charge in [-0.3, -0.25) is 0 Å². The van der Waals surface area contributed by atoms with Crippen LogP contribution in [0.15, 0.2) is 6.33 Å². The number of aromatic amines is 1. The molecule has 1 aromatic rings. The topological polar surface area (TPSA) is 28.7 Å². The van der Waals surface area contributed by atoms with Crippen molar-refractivity contribution in [3.63, 3.8) is 0 Å². The Bertz CT molecular complexity index is 160. The molecule has 0 bridgehead atoms. The Kier molecular flexibility index (Phi) is 1.88. The maximum absolute atomic E-state index is 4.15. The van der Waals surface area contributed by atoms with Crippen LogP contribution in [0.5, 0.6) is 0 Å². The quantitative estimate of drug-likeness (QED) is 0.636. The molecule has 0 unspecified atom stereocenters. The van der Waals surface area contributed by atoms with Crippen LogP contribution < -0.4 is 0 Å². The first-order chi connectivity index (χ1) is 4.38. The highest BCUT2D eigenvalue weighted by Crippen LogP contribution is 2.02. The van der Waals surface area contributed by atoms with Gasteiger partial charge in [0.05, 0.1) is 12.0 Å². The fraction of sp³-hybridized carbons (Fsp3) is 0.571. The van der Waals surface area contributed by atoms with Crippen molar-refractivity contribution in [3.05, 3.63) is 17.7 Å². The molecule has 2 heteroatoms. The zero-order valence-corrected chi connectivity index (χ0v) is 5.94. The van der Waals surface area contributed by atoms with Gasteiger partial charge in [0.1, 0.15) is 0 Å². The minimum absolute atomic E-state index is 1.03. The van der Waals surface area contributed by atoms with Gasteiger partial charge in [-0.1, -0.05) is 13.8 Å². The predicted molar refractivity (Wildman–Crippen MR) is 37.3 cm³/mol. The lowest BCUT2D eigenvalue weighted by Gasteiger charge is -1.91. The molecule has 0 spiro atoms. The summed E-state index contributed by atoms with van der Waals surface area (Å²) < 4.78 is 0. The Hall–Kier alpha value is -0.790. The molecule has 0 atom stereocenters. The Morgan fingerprint density at radius 1 is 1.44 bits per heavy atom. The van der Waals surface area contributed by atoms with Crippen LogP contribution in [-0.4, -0.2) is 9.97 Å². The highest BCUT2D eigenvalue weighted by molar-refractivity contribution is 5.09. The minimum Gasteiger partial charge on any atom is -0.348 e. The van der Waals surface area contributed by atoms with Crippen molar-refractivity contribution < 1.29 is 0 Å². The standard InChI is InChI=1S/C7H12N2/c1-3-6-7(4-2)9-5-8-6/h5H,3-4H2,1-2H3,(H,8,9). The van der Waals surface area contributed by atoms with Crippen LogP contribution in [0.3, 0.4) is 0 Å². The van der Waals surface area contributed by atoms with Gasteiger partial charge in [0.25, 0.3) is 0 Å². The van der Waals surface area contributed by atoms with Crippen molar-refractivity contribution in [2.45, 2.75) is 26.7 Å². The van der Waals surface area contributed by atoms with E-state index in [0.717, 1.165) is 12.8 Å². The molecule has 2 nitrogen and oxygen atoms in total. The SMILES string of the molecule is CCc1nc[nH]c1CC. The van der Waals surface area contributed by atoms with Crippen LogP contribution >= 0.6 is 0 Å². The molecule has 50 valence electrons. The summed E-state index contributed by atoms with van der Waals surface area (Å²) in [5.74, 6) is 0. The number of nitrogens with one attached hydrogen (secondary N) is 1. The number of H-pyrrole nitrogens is 1. The first-order valence-electron chi connectivity index (χ1n) is 3.39. The van der Waals surface area contributed by atoms with Gasteiger partial charge in [-0.2, -0.15) is 0 Å². The number of imidazole rings is 1. The lowest BCUT2D eigenvalue weighted by molar-refractivity contribution is 0.979. The maximum atomic E-state index is 4.15. The molecular formula is C7H12N2. The molecule has 0 aliphatic heterocycles. The van der Waals surface area contributed by atoms with Gasteiger partial charge < -0.3 is 4.98 Å². The lowest BCUT2D eigenvalue weighted by Crippen LogP contribution is -1.87. The van der Waals surface area contributed by atoms with Gasteiger partial charge in [0.15, 0.2) is 0 Å². The number of aryl methyl sites for hydroxylation is 2. The molecule has 9 heavy (non-hydrogen) atoms. The molecule has 0 aliphatic rings. The average Bonchev–Trinajstić information content (AvgIpc) is 2.33. The molecule has 0 aromatic carbocycles. The third kappa shape index (κ3) is 1.12. The number of nitrogens with zero attached hydrogens (tertiary/aromatic N) is 1. The van der Waals surface area contributed by atoms with Crippen LogP contribution in [-0.2, 0) is 12.8 Å². The van der Waals surface area contributed by atoms with Crippen LogP contribution in [0.2, 0.25) is 0 Å². The van der Waals surface area contributed by atoms with E-state index in [1.54, 1.807) is 6.33 Å². The Balaban J connectivity index is 2.85. The second-order valence-electron chi connectivity index (χ2n) is 2.03. The normalized spacial score (nSPS) is 10.0. The van der Waals surface area contributed by atoms with Gasteiger partial charge in [0, 0.05) is 5.69 Å². The number of hydrogen-bond acceptors (Lipinski definition) is 1. The summed E-state index contributed by atoms with van der Waals surface area (Å²) in [5, 5.41) is 0. The second-order valence-corrected chi connectivity index (χ2v) is 2.03. The van der Waals surface area contributed by atoms with Crippen LogP contribution in [0.25, 0.3) is 0 Å². The number of rotatable bonds is 2. The summed E-state index contributed by atoms with van der Waals surface area (Å²) in [6, 6.07) is 0. The average molecular weight is 124 g/mol. The molecule has 1 heterocycles. The van der Waals surface area contributed by atoms with E-state index in [1.807, 2.05) is 0 Å². The largest absolute Gasteiger partial charge is 0.348 e. The molecule has 1 N–H and O–H groups in total. The van der Waals surface area contributed by atoms with E-state index in [9.17, 15) is 0 Å². The summed E-state index contributed by atoms with van der Waals surface area (Å²) in [4.78, 5) is 7.25. The number of hydrogen-bond donors (Lipinski definition) is 1. The summed E-state index contributed by atoms with van der Waals surface area (Å²) in [7, 11) is 0. The molecule has 1 rings (SSSR count). The van der Waals surface area contributed by atoms with E-state index in [4.69, 9.17) is 0 Å². The van der Waals surface area contributed by atoms with Gasteiger partial charge in [0.2, 0.25) is 0 Å². The van der Waals surface area contributed by atoms with E-state index >= 15 is 0 Å². The minimum atomic E-state index is 1.03. The molecule has 0 saturated carbocycles. The third-order valence-corrected chi connectivity index (χ3v) is 1.50. The van der Waals surface area contributed by atoms with E-state index < -0.39 is 0 Å². The Labute approximate surface area is 55.3 Å². The molecule has 0 fully saturated rings. The summed E-state index contributed by atoms with van der Waals surface area (Å²) in [6.07, 6.45) is 3.85. The fourth-order valence-corrected chi connectivity index (χ4v) is 0.960. The van der Waals surface area contributed by atoms with Crippen molar-refractivity contribution in [1.82, 2.24) is 9.97 Å². The lowest BCUT2D eigenvalue weighted by atomic mass is 10.2. The van der Waals surface area contributed by atoms with Crippen molar-refractivity contribution in [2.75, 3.05) is 0 Å². The van der Waals surface area contributed by atoms with Crippen LogP contribution in [0, 0.1) is 0 Å². The summed E-state index contributed by atoms with van der Waals surface area (Å²) in [5.41, 5.74) is 2.48. The second kappa shape index (κ2) is 2.67. The smallest absolute Gasteiger partial charge is 0.0925 e. The third-order valence-electron chi connectivity index (χ3n) is 1.50. The van der Waals surface area contributed by atoms with Crippen molar-refractivity contribution in [2.24, 2.45) is 0 Å². The maximum Gasteiger partial charge on any atom is 0.0925 e.